The van der Waals surface area contributed by atoms with E-state index in [1.54, 1.807) is 19.1 Å². The van der Waals surface area contributed by atoms with Crippen LogP contribution >= 0.6 is 22.6 Å². The Morgan fingerprint density at radius 3 is 2.64 bits per heavy atom. The molecule has 0 N–H and O–H groups in total. The summed E-state index contributed by atoms with van der Waals surface area (Å²) in [5.74, 6) is -0.237. The predicted octanol–water partition coefficient (Wildman–Crippen LogP) is 3.82. The van der Waals surface area contributed by atoms with E-state index in [0.717, 1.165) is 0 Å². The van der Waals surface area contributed by atoms with E-state index in [-0.39, 0.29) is 23.3 Å². The summed E-state index contributed by atoms with van der Waals surface area (Å²) in [6, 6.07) is 4.65. The number of halogens is 3. The molecular weight excluding hydrogens is 301 g/mol. The molecule has 0 unspecified atom stereocenters. The summed E-state index contributed by atoms with van der Waals surface area (Å²) in [6.45, 7) is 1.66. The van der Waals surface area contributed by atoms with Crippen LogP contribution in [-0.2, 0) is 0 Å². The molecule has 0 aromatic heterocycles. The number of carbonyl (C=O) groups is 1. The summed E-state index contributed by atoms with van der Waals surface area (Å²) in [5, 5.41) is 0. The van der Waals surface area contributed by atoms with Crippen LogP contribution in [0.4, 0.5) is 8.78 Å². The molecule has 0 spiro atoms. The Kier molecular flexibility index (Phi) is 3.97. The van der Waals surface area contributed by atoms with Crippen LogP contribution < -0.4 is 0 Å². The lowest BCUT2D eigenvalue weighted by Gasteiger charge is -2.08. The zero-order valence-electron chi connectivity index (χ0n) is 7.56. The van der Waals surface area contributed by atoms with Gasteiger partial charge in [-0.25, -0.2) is 8.78 Å². The molecule has 0 aliphatic heterocycles. The normalized spacial score (nSPS) is 10.6. The van der Waals surface area contributed by atoms with Crippen molar-refractivity contribution in [2.75, 3.05) is 0 Å². The van der Waals surface area contributed by atoms with Crippen molar-refractivity contribution in [1.82, 2.24) is 0 Å². The summed E-state index contributed by atoms with van der Waals surface area (Å²) >= 11 is 1.82. The molecule has 0 saturated heterocycles. The third-order valence-electron chi connectivity index (χ3n) is 1.89. The summed E-state index contributed by atoms with van der Waals surface area (Å²) in [6.07, 6.45) is -2.34. The number of alkyl halides is 2. The monoisotopic (exact) mass is 310 g/mol. The average Bonchev–Trinajstić information content (AvgIpc) is 2.15. The molecule has 0 amide bonds. The number of ketones is 1. The van der Waals surface area contributed by atoms with Crippen molar-refractivity contribution in [2.24, 2.45) is 0 Å². The Morgan fingerprint density at radius 1 is 1.50 bits per heavy atom. The molecule has 1 aromatic rings. The topological polar surface area (TPSA) is 17.1 Å². The molecular formula is C10H9F2IO. The van der Waals surface area contributed by atoms with Gasteiger partial charge in [0.05, 0.1) is 0 Å². The van der Waals surface area contributed by atoms with Gasteiger partial charge in [-0.1, -0.05) is 19.1 Å². The quantitative estimate of drug-likeness (QED) is 0.613. The van der Waals surface area contributed by atoms with Gasteiger partial charge in [-0.05, 0) is 28.7 Å². The molecule has 0 heterocycles. The van der Waals surface area contributed by atoms with Crippen LogP contribution in [0.1, 0.15) is 35.7 Å². The van der Waals surface area contributed by atoms with Crippen LogP contribution in [0.5, 0.6) is 0 Å². The summed E-state index contributed by atoms with van der Waals surface area (Å²) in [5.41, 5.74) is 0.00866. The largest absolute Gasteiger partial charge is 0.294 e. The first-order valence-corrected chi connectivity index (χ1v) is 5.25. The number of rotatable bonds is 3. The van der Waals surface area contributed by atoms with Crippen molar-refractivity contribution in [3.8, 4) is 0 Å². The van der Waals surface area contributed by atoms with E-state index in [4.69, 9.17) is 0 Å². The van der Waals surface area contributed by atoms with Gasteiger partial charge in [0.15, 0.2) is 5.78 Å². The standard InChI is InChI=1S/C10H9F2IO/c1-2-8(14)6-4-3-5-7(13)9(6)10(11)12/h3-5,10H,2H2,1H3. The van der Waals surface area contributed by atoms with Gasteiger partial charge in [0, 0.05) is 21.1 Å². The first kappa shape index (κ1) is 11.6. The van der Waals surface area contributed by atoms with Gasteiger partial charge in [-0.2, -0.15) is 0 Å². The Balaban J connectivity index is 3.28. The molecule has 0 atom stereocenters. The predicted molar refractivity (Wildman–Crippen MR) is 58.7 cm³/mol. The SMILES string of the molecule is CCC(=O)c1cccc(I)c1C(F)F. The van der Waals surface area contributed by atoms with Crippen molar-refractivity contribution in [3.63, 3.8) is 0 Å². The van der Waals surface area contributed by atoms with Gasteiger partial charge in [0.2, 0.25) is 0 Å². The third-order valence-corrected chi connectivity index (χ3v) is 2.83. The fraction of sp³-hybridized carbons (Fsp3) is 0.300. The van der Waals surface area contributed by atoms with Crippen molar-refractivity contribution in [3.05, 3.63) is 32.9 Å². The maximum absolute atomic E-state index is 12.6. The van der Waals surface area contributed by atoms with E-state index >= 15 is 0 Å². The van der Waals surface area contributed by atoms with Crippen LogP contribution in [0.15, 0.2) is 18.2 Å². The van der Waals surface area contributed by atoms with Gasteiger partial charge in [0.25, 0.3) is 6.43 Å². The van der Waals surface area contributed by atoms with E-state index in [1.165, 1.54) is 6.07 Å². The Morgan fingerprint density at radius 2 is 2.14 bits per heavy atom. The van der Waals surface area contributed by atoms with Crippen LogP contribution in [0.25, 0.3) is 0 Å². The molecule has 1 aromatic carbocycles. The number of benzene rings is 1. The summed E-state index contributed by atoms with van der Waals surface area (Å²) < 4.78 is 25.7. The maximum atomic E-state index is 12.6. The number of Topliss-reactive ketones (excluding diaryl/α,β-unsaturated/α-hetero) is 1. The molecule has 0 fully saturated rings. The molecule has 4 heteroatoms. The van der Waals surface area contributed by atoms with Crippen LogP contribution in [0, 0.1) is 3.57 Å². The van der Waals surface area contributed by atoms with Crippen LogP contribution in [0.2, 0.25) is 0 Å². The Bertz CT molecular complexity index is 350. The smallest absolute Gasteiger partial charge is 0.265 e. The maximum Gasteiger partial charge on any atom is 0.265 e. The van der Waals surface area contributed by atoms with Gasteiger partial charge in [-0.15, -0.1) is 0 Å². The first-order chi connectivity index (χ1) is 6.57. The summed E-state index contributed by atoms with van der Waals surface area (Å²) in [4.78, 5) is 11.4. The summed E-state index contributed by atoms with van der Waals surface area (Å²) in [7, 11) is 0. The minimum atomic E-state index is -2.59. The fourth-order valence-electron chi connectivity index (χ4n) is 1.19. The van der Waals surface area contributed by atoms with Gasteiger partial charge < -0.3 is 0 Å². The zero-order chi connectivity index (χ0) is 10.7. The highest BCUT2D eigenvalue weighted by Gasteiger charge is 2.19. The molecule has 0 aliphatic carbocycles. The minimum absolute atomic E-state index is 0.139. The van der Waals surface area contributed by atoms with E-state index in [0.29, 0.717) is 3.57 Å². The molecule has 0 aliphatic rings. The Hall–Kier alpha value is -0.520. The van der Waals surface area contributed by atoms with Crippen LogP contribution in [-0.4, -0.2) is 5.78 Å². The van der Waals surface area contributed by atoms with E-state index in [1.807, 2.05) is 22.6 Å². The lowest BCUT2D eigenvalue weighted by molar-refractivity contribution is 0.0973. The molecule has 0 saturated carbocycles. The molecule has 14 heavy (non-hydrogen) atoms. The zero-order valence-corrected chi connectivity index (χ0v) is 9.72. The second-order valence-electron chi connectivity index (χ2n) is 2.78. The molecule has 1 rings (SSSR count). The molecule has 0 bridgehead atoms. The second-order valence-corrected chi connectivity index (χ2v) is 3.94. The highest BCUT2D eigenvalue weighted by atomic mass is 127. The van der Waals surface area contributed by atoms with E-state index in [2.05, 4.69) is 0 Å². The third kappa shape index (κ3) is 2.29. The van der Waals surface area contributed by atoms with Crippen molar-refractivity contribution >= 4 is 28.4 Å². The molecule has 76 valence electrons. The highest BCUT2D eigenvalue weighted by Crippen LogP contribution is 2.28. The van der Waals surface area contributed by atoms with Crippen molar-refractivity contribution < 1.29 is 13.6 Å². The van der Waals surface area contributed by atoms with Gasteiger partial charge in [0.1, 0.15) is 0 Å². The number of hydrogen-bond acceptors (Lipinski definition) is 1. The Labute approximate surface area is 94.6 Å². The fourth-order valence-corrected chi connectivity index (χ4v) is 1.93. The van der Waals surface area contributed by atoms with Crippen molar-refractivity contribution in [2.45, 2.75) is 19.8 Å². The molecule has 1 nitrogen and oxygen atoms in total. The van der Waals surface area contributed by atoms with Crippen LogP contribution in [0.3, 0.4) is 0 Å². The van der Waals surface area contributed by atoms with Crippen molar-refractivity contribution in [1.29, 1.82) is 0 Å². The van der Waals surface area contributed by atoms with E-state index in [9.17, 15) is 13.6 Å². The second kappa shape index (κ2) is 4.82. The van der Waals surface area contributed by atoms with Gasteiger partial charge >= 0.3 is 0 Å². The minimum Gasteiger partial charge on any atom is -0.294 e. The highest BCUT2D eigenvalue weighted by molar-refractivity contribution is 14.1. The number of carbonyl (C=O) groups excluding carboxylic acids is 1. The van der Waals surface area contributed by atoms with E-state index < -0.39 is 6.43 Å². The first-order valence-electron chi connectivity index (χ1n) is 4.17. The average molecular weight is 310 g/mol. The lowest BCUT2D eigenvalue weighted by atomic mass is 10.0. The molecule has 0 radical (unpaired) electrons. The van der Waals surface area contributed by atoms with Gasteiger partial charge in [-0.3, -0.25) is 4.79 Å². The lowest BCUT2D eigenvalue weighted by Crippen LogP contribution is -2.04. The number of hydrogen-bond donors (Lipinski definition) is 0.